The molecule has 0 radical (unpaired) electrons. The standard InChI is InChI=1S/C13H13NO3/c1-2-12(16)14-8-7-10(13(14)17)9-5-3-4-6-11(9)15/h3-7,15H,2,8H2,1H3. The van der Waals surface area contributed by atoms with Gasteiger partial charge in [-0.15, -0.1) is 0 Å². The highest BCUT2D eigenvalue weighted by atomic mass is 16.3. The summed E-state index contributed by atoms with van der Waals surface area (Å²) in [5.74, 6) is -0.479. The quantitative estimate of drug-likeness (QED) is 0.840. The molecule has 1 aliphatic heterocycles. The van der Waals surface area contributed by atoms with Crippen molar-refractivity contribution in [3.05, 3.63) is 35.9 Å². The number of imide groups is 1. The molecule has 0 unspecified atom stereocenters. The fourth-order valence-corrected chi connectivity index (χ4v) is 1.83. The second kappa shape index (κ2) is 4.41. The predicted molar refractivity (Wildman–Crippen MR) is 63.1 cm³/mol. The van der Waals surface area contributed by atoms with Crippen LogP contribution in [0.4, 0.5) is 0 Å². The molecule has 1 N–H and O–H groups in total. The van der Waals surface area contributed by atoms with E-state index in [9.17, 15) is 14.7 Å². The molecule has 0 aliphatic carbocycles. The van der Waals surface area contributed by atoms with Crippen molar-refractivity contribution in [3.8, 4) is 5.75 Å². The van der Waals surface area contributed by atoms with E-state index < -0.39 is 0 Å². The Bertz CT molecular complexity index is 505. The summed E-state index contributed by atoms with van der Waals surface area (Å²) in [7, 11) is 0. The predicted octanol–water partition coefficient (Wildman–Crippen LogP) is 1.55. The van der Waals surface area contributed by atoms with Crippen molar-refractivity contribution in [3.63, 3.8) is 0 Å². The van der Waals surface area contributed by atoms with Gasteiger partial charge in [0.05, 0.1) is 0 Å². The van der Waals surface area contributed by atoms with E-state index in [2.05, 4.69) is 0 Å². The van der Waals surface area contributed by atoms with Gasteiger partial charge < -0.3 is 5.11 Å². The molecule has 1 aliphatic rings. The SMILES string of the molecule is CCC(=O)N1CC=C(c2ccccc2O)C1=O. The van der Waals surface area contributed by atoms with Crippen LogP contribution in [0.1, 0.15) is 18.9 Å². The number of benzene rings is 1. The summed E-state index contributed by atoms with van der Waals surface area (Å²) in [6.07, 6.45) is 1.97. The number of nitrogens with zero attached hydrogens (tertiary/aromatic N) is 1. The zero-order chi connectivity index (χ0) is 12.4. The Morgan fingerprint density at radius 2 is 2.12 bits per heavy atom. The van der Waals surface area contributed by atoms with Crippen LogP contribution in [-0.4, -0.2) is 28.4 Å². The number of phenolic OH excluding ortho intramolecular Hbond substituents is 1. The van der Waals surface area contributed by atoms with Crippen LogP contribution in [0, 0.1) is 0 Å². The third-order valence-electron chi connectivity index (χ3n) is 2.75. The van der Waals surface area contributed by atoms with Crippen LogP contribution in [0.3, 0.4) is 0 Å². The molecule has 2 amide bonds. The molecular formula is C13H13NO3. The maximum atomic E-state index is 12.0. The average Bonchev–Trinajstić information content (AvgIpc) is 2.71. The maximum Gasteiger partial charge on any atom is 0.261 e. The molecule has 88 valence electrons. The monoisotopic (exact) mass is 231 g/mol. The Hall–Kier alpha value is -2.10. The molecule has 1 heterocycles. The molecule has 1 aromatic rings. The van der Waals surface area contributed by atoms with E-state index in [0.717, 1.165) is 0 Å². The number of carbonyl (C=O) groups is 2. The third kappa shape index (κ3) is 1.93. The molecule has 0 fully saturated rings. The lowest BCUT2D eigenvalue weighted by Gasteiger charge is -2.13. The second-order valence-corrected chi connectivity index (χ2v) is 3.80. The highest BCUT2D eigenvalue weighted by molar-refractivity contribution is 6.26. The van der Waals surface area contributed by atoms with Gasteiger partial charge in [0.1, 0.15) is 5.75 Å². The second-order valence-electron chi connectivity index (χ2n) is 3.80. The van der Waals surface area contributed by atoms with Gasteiger partial charge in [0.25, 0.3) is 5.91 Å². The maximum absolute atomic E-state index is 12.0. The molecule has 17 heavy (non-hydrogen) atoms. The summed E-state index contributed by atoms with van der Waals surface area (Å²) in [5.41, 5.74) is 0.869. The number of amides is 2. The zero-order valence-corrected chi connectivity index (χ0v) is 9.51. The fraction of sp³-hybridized carbons (Fsp3) is 0.231. The molecule has 2 rings (SSSR count). The van der Waals surface area contributed by atoms with Crippen molar-refractivity contribution >= 4 is 17.4 Å². The van der Waals surface area contributed by atoms with Crippen LogP contribution in [0.15, 0.2) is 30.3 Å². The molecule has 0 saturated carbocycles. The highest BCUT2D eigenvalue weighted by Crippen LogP contribution is 2.29. The van der Waals surface area contributed by atoms with Gasteiger partial charge in [0.2, 0.25) is 5.91 Å². The lowest BCUT2D eigenvalue weighted by atomic mass is 10.1. The van der Waals surface area contributed by atoms with E-state index in [-0.39, 0.29) is 24.1 Å². The first-order valence-electron chi connectivity index (χ1n) is 5.48. The van der Waals surface area contributed by atoms with Crippen LogP contribution in [0.25, 0.3) is 5.57 Å². The minimum absolute atomic E-state index is 0.0536. The minimum Gasteiger partial charge on any atom is -0.507 e. The van der Waals surface area contributed by atoms with Crippen LogP contribution in [0.2, 0.25) is 0 Å². The Morgan fingerprint density at radius 1 is 1.41 bits per heavy atom. The lowest BCUT2D eigenvalue weighted by molar-refractivity contribution is -0.139. The Labute approximate surface area is 99.2 Å². The average molecular weight is 231 g/mol. The third-order valence-corrected chi connectivity index (χ3v) is 2.75. The number of para-hydroxylation sites is 1. The van der Waals surface area contributed by atoms with E-state index in [1.54, 1.807) is 31.2 Å². The molecular weight excluding hydrogens is 218 g/mol. The summed E-state index contributed by atoms with van der Waals surface area (Å²) in [6.45, 7) is 2.00. The molecule has 4 heteroatoms. The largest absolute Gasteiger partial charge is 0.507 e. The first-order chi connectivity index (χ1) is 8.15. The summed E-state index contributed by atoms with van der Waals surface area (Å²) in [5, 5.41) is 9.67. The van der Waals surface area contributed by atoms with Crippen molar-refractivity contribution < 1.29 is 14.7 Å². The van der Waals surface area contributed by atoms with Crippen molar-refractivity contribution in [1.82, 2.24) is 4.90 Å². The van der Waals surface area contributed by atoms with E-state index >= 15 is 0 Å². The lowest BCUT2D eigenvalue weighted by Crippen LogP contribution is -2.32. The minimum atomic E-state index is -0.335. The summed E-state index contributed by atoms with van der Waals surface area (Å²) in [6, 6.07) is 6.62. The number of phenols is 1. The molecule has 0 bridgehead atoms. The van der Waals surface area contributed by atoms with Crippen LogP contribution in [-0.2, 0) is 9.59 Å². The van der Waals surface area contributed by atoms with Gasteiger partial charge >= 0.3 is 0 Å². The van der Waals surface area contributed by atoms with Gasteiger partial charge in [-0.1, -0.05) is 31.2 Å². The van der Waals surface area contributed by atoms with Crippen molar-refractivity contribution in [2.75, 3.05) is 6.54 Å². The van der Waals surface area contributed by atoms with Crippen molar-refractivity contribution in [2.24, 2.45) is 0 Å². The Balaban J connectivity index is 2.29. The highest BCUT2D eigenvalue weighted by Gasteiger charge is 2.29. The molecule has 0 atom stereocenters. The number of hydrogen-bond acceptors (Lipinski definition) is 3. The Kier molecular flexibility index (Phi) is 2.95. The van der Waals surface area contributed by atoms with Gasteiger partial charge in [-0.2, -0.15) is 0 Å². The topological polar surface area (TPSA) is 57.6 Å². The molecule has 1 aromatic carbocycles. The normalized spacial score (nSPS) is 15.0. The van der Waals surface area contributed by atoms with E-state index in [1.807, 2.05) is 0 Å². The van der Waals surface area contributed by atoms with Crippen molar-refractivity contribution in [1.29, 1.82) is 0 Å². The zero-order valence-electron chi connectivity index (χ0n) is 9.51. The Morgan fingerprint density at radius 3 is 2.76 bits per heavy atom. The van der Waals surface area contributed by atoms with Crippen LogP contribution < -0.4 is 0 Å². The first-order valence-corrected chi connectivity index (χ1v) is 5.48. The van der Waals surface area contributed by atoms with E-state index in [1.165, 1.54) is 11.0 Å². The van der Waals surface area contributed by atoms with Gasteiger partial charge in [0.15, 0.2) is 0 Å². The van der Waals surface area contributed by atoms with Gasteiger partial charge in [-0.05, 0) is 6.07 Å². The fourth-order valence-electron chi connectivity index (χ4n) is 1.83. The number of aromatic hydroxyl groups is 1. The first kappa shape index (κ1) is 11.4. The molecule has 0 saturated heterocycles. The van der Waals surface area contributed by atoms with Crippen molar-refractivity contribution in [2.45, 2.75) is 13.3 Å². The van der Waals surface area contributed by atoms with E-state index in [0.29, 0.717) is 17.6 Å². The van der Waals surface area contributed by atoms with E-state index in [4.69, 9.17) is 0 Å². The summed E-state index contributed by atoms with van der Waals surface area (Å²) < 4.78 is 0. The van der Waals surface area contributed by atoms with Gasteiger partial charge in [0, 0.05) is 24.1 Å². The van der Waals surface area contributed by atoms with Gasteiger partial charge in [-0.3, -0.25) is 14.5 Å². The molecule has 0 aromatic heterocycles. The van der Waals surface area contributed by atoms with Gasteiger partial charge in [-0.25, -0.2) is 0 Å². The number of rotatable bonds is 2. The number of hydrogen-bond donors (Lipinski definition) is 1. The summed E-state index contributed by atoms with van der Waals surface area (Å²) >= 11 is 0. The smallest absolute Gasteiger partial charge is 0.261 e. The summed E-state index contributed by atoms with van der Waals surface area (Å²) in [4.78, 5) is 24.7. The number of carbonyl (C=O) groups excluding carboxylic acids is 2. The molecule has 0 spiro atoms. The molecule has 4 nitrogen and oxygen atoms in total. The van der Waals surface area contributed by atoms with Crippen LogP contribution in [0.5, 0.6) is 5.75 Å². The van der Waals surface area contributed by atoms with Crippen LogP contribution >= 0.6 is 0 Å².